The Kier molecular flexibility index (Phi) is 1.89. The van der Waals surface area contributed by atoms with Gasteiger partial charge in [0.15, 0.2) is 0 Å². The minimum Gasteiger partial charge on any atom is -0.278 e. The molecule has 1 N–H and O–H groups in total. The van der Waals surface area contributed by atoms with Gasteiger partial charge in [0, 0.05) is 9.86 Å². The van der Waals surface area contributed by atoms with E-state index in [4.69, 9.17) is 0 Å². The zero-order valence-electron chi connectivity index (χ0n) is 6.47. The first-order valence-electron chi connectivity index (χ1n) is 3.73. The van der Waals surface area contributed by atoms with E-state index < -0.39 is 0 Å². The molecule has 0 bridgehead atoms. The molecule has 61 valence electrons. The van der Waals surface area contributed by atoms with Crippen LogP contribution in [0.1, 0.15) is 5.69 Å². The zero-order valence-corrected chi connectivity index (χ0v) is 8.06. The summed E-state index contributed by atoms with van der Waals surface area (Å²) in [4.78, 5) is 0. The van der Waals surface area contributed by atoms with Crippen molar-refractivity contribution in [3.8, 4) is 0 Å². The molecule has 0 spiro atoms. The smallest absolute Gasteiger partial charge is 0.0700 e. The minimum absolute atomic E-state index is 0.724. The number of fused-ring (bicyclic) bond motifs is 1. The first kappa shape index (κ1) is 7.80. The second kappa shape index (κ2) is 2.90. The number of nitrogens with zero attached hydrogens (tertiary/aromatic N) is 1. The van der Waals surface area contributed by atoms with Gasteiger partial charge in [0.2, 0.25) is 0 Å². The number of aromatic amines is 1. The van der Waals surface area contributed by atoms with Crippen molar-refractivity contribution in [3.63, 3.8) is 0 Å². The van der Waals surface area contributed by atoms with Gasteiger partial charge in [-0.1, -0.05) is 15.9 Å². The Morgan fingerprint density at radius 1 is 1.50 bits per heavy atom. The fourth-order valence-corrected chi connectivity index (χ4v) is 1.60. The number of hydrogen-bond acceptors (Lipinski definition) is 1. The lowest BCUT2D eigenvalue weighted by Gasteiger charge is -1.91. The van der Waals surface area contributed by atoms with E-state index in [-0.39, 0.29) is 0 Å². The highest BCUT2D eigenvalue weighted by Crippen LogP contribution is 2.20. The van der Waals surface area contributed by atoms with Gasteiger partial charge in [-0.15, -0.1) is 0 Å². The van der Waals surface area contributed by atoms with Crippen LogP contribution in [0.25, 0.3) is 10.9 Å². The molecule has 2 rings (SSSR count). The number of benzene rings is 1. The molecule has 2 aromatic rings. The van der Waals surface area contributed by atoms with Crippen molar-refractivity contribution in [2.75, 3.05) is 0 Å². The van der Waals surface area contributed by atoms with Gasteiger partial charge >= 0.3 is 0 Å². The van der Waals surface area contributed by atoms with E-state index in [1.165, 1.54) is 0 Å². The van der Waals surface area contributed by atoms with E-state index >= 15 is 0 Å². The summed E-state index contributed by atoms with van der Waals surface area (Å²) in [6.07, 6.45) is 0.724. The fourth-order valence-electron chi connectivity index (χ4n) is 1.24. The molecule has 1 aromatic carbocycles. The van der Waals surface area contributed by atoms with Crippen LogP contribution in [0.3, 0.4) is 0 Å². The topological polar surface area (TPSA) is 28.7 Å². The Bertz CT molecular complexity index is 406. The van der Waals surface area contributed by atoms with Crippen LogP contribution in [0.2, 0.25) is 0 Å². The van der Waals surface area contributed by atoms with E-state index in [2.05, 4.69) is 33.1 Å². The molecular weight excluding hydrogens is 216 g/mol. The Morgan fingerprint density at radius 3 is 3.08 bits per heavy atom. The van der Waals surface area contributed by atoms with Crippen LogP contribution in [-0.2, 0) is 6.42 Å². The molecule has 0 saturated heterocycles. The van der Waals surface area contributed by atoms with Crippen LogP contribution in [0, 0.1) is 6.92 Å². The average Bonchev–Trinajstić information content (AvgIpc) is 2.46. The van der Waals surface area contributed by atoms with Crippen LogP contribution >= 0.6 is 15.9 Å². The van der Waals surface area contributed by atoms with Gasteiger partial charge in [-0.3, -0.25) is 5.10 Å². The summed E-state index contributed by atoms with van der Waals surface area (Å²) in [5.74, 6) is 0. The number of halogens is 1. The van der Waals surface area contributed by atoms with E-state index in [1.807, 2.05) is 18.2 Å². The second-order valence-electron chi connectivity index (χ2n) is 2.61. The molecule has 3 heteroatoms. The third kappa shape index (κ3) is 1.14. The van der Waals surface area contributed by atoms with E-state index in [1.54, 1.807) is 0 Å². The Balaban J connectivity index is 2.73. The molecule has 0 saturated carbocycles. The van der Waals surface area contributed by atoms with Crippen LogP contribution in [0.4, 0.5) is 0 Å². The zero-order chi connectivity index (χ0) is 8.55. The van der Waals surface area contributed by atoms with E-state index in [0.29, 0.717) is 0 Å². The predicted octanol–water partition coefficient (Wildman–Crippen LogP) is 2.70. The molecule has 2 nitrogen and oxygen atoms in total. The summed E-state index contributed by atoms with van der Waals surface area (Å²) in [5.41, 5.74) is 2.08. The van der Waals surface area contributed by atoms with Crippen molar-refractivity contribution in [1.82, 2.24) is 10.2 Å². The number of H-pyrrole nitrogens is 1. The molecule has 0 aliphatic carbocycles. The third-order valence-electron chi connectivity index (χ3n) is 1.84. The largest absolute Gasteiger partial charge is 0.278 e. The van der Waals surface area contributed by atoms with Crippen molar-refractivity contribution in [2.24, 2.45) is 0 Å². The number of aromatic nitrogens is 2. The summed E-state index contributed by atoms with van der Waals surface area (Å²) < 4.78 is 1.06. The van der Waals surface area contributed by atoms with Crippen LogP contribution < -0.4 is 0 Å². The molecule has 0 aliphatic heterocycles. The minimum atomic E-state index is 0.724. The van der Waals surface area contributed by atoms with Crippen molar-refractivity contribution < 1.29 is 0 Å². The van der Waals surface area contributed by atoms with Crippen molar-refractivity contribution in [3.05, 3.63) is 35.3 Å². The average molecular weight is 224 g/mol. The SMILES string of the molecule is [CH2]Cc1n[nH]c2cc(Br)ccc12. The summed E-state index contributed by atoms with van der Waals surface area (Å²) in [6, 6.07) is 6.07. The van der Waals surface area contributed by atoms with E-state index in [0.717, 1.165) is 27.5 Å². The number of rotatable bonds is 1. The molecular formula is C9H8BrN2. The van der Waals surface area contributed by atoms with Crippen molar-refractivity contribution in [2.45, 2.75) is 6.42 Å². The van der Waals surface area contributed by atoms with Crippen molar-refractivity contribution in [1.29, 1.82) is 0 Å². The molecule has 1 radical (unpaired) electrons. The maximum atomic E-state index is 4.15. The molecule has 1 heterocycles. The van der Waals surface area contributed by atoms with Gasteiger partial charge in [0.1, 0.15) is 0 Å². The fraction of sp³-hybridized carbons (Fsp3) is 0.111. The monoisotopic (exact) mass is 223 g/mol. The molecule has 0 fully saturated rings. The van der Waals surface area contributed by atoms with Gasteiger partial charge in [-0.25, -0.2) is 0 Å². The van der Waals surface area contributed by atoms with Gasteiger partial charge < -0.3 is 0 Å². The van der Waals surface area contributed by atoms with Crippen LogP contribution in [0.15, 0.2) is 22.7 Å². The Morgan fingerprint density at radius 2 is 2.33 bits per heavy atom. The maximum absolute atomic E-state index is 4.15. The summed E-state index contributed by atoms with van der Waals surface area (Å²) in [5, 5.41) is 8.27. The maximum Gasteiger partial charge on any atom is 0.0700 e. The van der Waals surface area contributed by atoms with Crippen LogP contribution in [0.5, 0.6) is 0 Å². The molecule has 1 aromatic heterocycles. The number of hydrogen-bond donors (Lipinski definition) is 1. The van der Waals surface area contributed by atoms with Gasteiger partial charge in [0.25, 0.3) is 0 Å². The Labute approximate surface area is 79.1 Å². The van der Waals surface area contributed by atoms with Gasteiger partial charge in [0.05, 0.1) is 11.2 Å². The summed E-state index contributed by atoms with van der Waals surface area (Å²) in [6.45, 7) is 3.81. The third-order valence-corrected chi connectivity index (χ3v) is 2.33. The highest BCUT2D eigenvalue weighted by molar-refractivity contribution is 9.10. The lowest BCUT2D eigenvalue weighted by Crippen LogP contribution is -1.78. The second-order valence-corrected chi connectivity index (χ2v) is 3.53. The van der Waals surface area contributed by atoms with Crippen molar-refractivity contribution >= 4 is 26.8 Å². The van der Waals surface area contributed by atoms with Gasteiger partial charge in [-0.2, -0.15) is 5.10 Å². The summed E-state index contributed by atoms with van der Waals surface area (Å²) >= 11 is 3.40. The summed E-state index contributed by atoms with van der Waals surface area (Å²) in [7, 11) is 0. The van der Waals surface area contributed by atoms with Crippen LogP contribution in [-0.4, -0.2) is 10.2 Å². The van der Waals surface area contributed by atoms with E-state index in [9.17, 15) is 0 Å². The highest BCUT2D eigenvalue weighted by Gasteiger charge is 2.02. The lowest BCUT2D eigenvalue weighted by molar-refractivity contribution is 1.03. The normalized spacial score (nSPS) is 10.8. The standard InChI is InChI=1S/C9H8BrN2/c1-2-8-7-4-3-6(10)5-9(7)12-11-8/h3-5H,1-2H2,(H,11,12). The predicted molar refractivity (Wildman–Crippen MR) is 52.9 cm³/mol. The van der Waals surface area contributed by atoms with Gasteiger partial charge in [-0.05, 0) is 31.5 Å². The molecule has 0 atom stereocenters. The quantitative estimate of drug-likeness (QED) is 0.792. The number of nitrogens with one attached hydrogen (secondary N) is 1. The molecule has 0 amide bonds. The highest BCUT2D eigenvalue weighted by atomic mass is 79.9. The molecule has 0 aliphatic rings. The first-order valence-corrected chi connectivity index (χ1v) is 4.52. The molecule has 0 unspecified atom stereocenters. The lowest BCUT2D eigenvalue weighted by atomic mass is 10.2. The molecule has 12 heavy (non-hydrogen) atoms. The first-order chi connectivity index (χ1) is 5.81. The Hall–Kier alpha value is -0.830.